The largest absolute Gasteiger partial charge is 0.324 e. The van der Waals surface area contributed by atoms with Crippen molar-refractivity contribution in [3.63, 3.8) is 0 Å². The predicted octanol–water partition coefficient (Wildman–Crippen LogP) is 4.69. The van der Waals surface area contributed by atoms with Crippen molar-refractivity contribution >= 4 is 11.6 Å². The molecular formula is C15H17ClF3N. The molecule has 0 saturated heterocycles. The predicted molar refractivity (Wildman–Crippen MR) is 72.3 cm³/mol. The van der Waals surface area contributed by atoms with Gasteiger partial charge in [0.1, 0.15) is 5.82 Å². The fourth-order valence-corrected chi connectivity index (χ4v) is 3.66. The highest BCUT2D eigenvalue weighted by molar-refractivity contribution is 6.30. The molecule has 1 aromatic rings. The maximum absolute atomic E-state index is 13.3. The lowest BCUT2D eigenvalue weighted by atomic mass is 9.75. The molecule has 1 atom stereocenters. The molecule has 2 aliphatic rings. The molecule has 1 nitrogen and oxygen atoms in total. The molecule has 2 fully saturated rings. The van der Waals surface area contributed by atoms with E-state index in [0.29, 0.717) is 25.7 Å². The molecule has 2 aliphatic carbocycles. The second-order valence-electron chi connectivity index (χ2n) is 6.20. The Morgan fingerprint density at radius 1 is 1.25 bits per heavy atom. The van der Waals surface area contributed by atoms with Gasteiger partial charge in [-0.05, 0) is 49.3 Å². The van der Waals surface area contributed by atoms with E-state index < -0.39 is 17.2 Å². The number of halogens is 4. The topological polar surface area (TPSA) is 26.0 Å². The Labute approximate surface area is 121 Å². The number of alkyl halides is 2. The zero-order valence-corrected chi connectivity index (χ0v) is 11.8. The van der Waals surface area contributed by atoms with E-state index in [0.717, 1.165) is 5.56 Å². The van der Waals surface area contributed by atoms with Gasteiger partial charge in [0.05, 0.1) is 5.02 Å². The third kappa shape index (κ3) is 2.23. The lowest BCUT2D eigenvalue weighted by Crippen LogP contribution is -2.28. The highest BCUT2D eigenvalue weighted by atomic mass is 35.5. The van der Waals surface area contributed by atoms with Crippen LogP contribution in [0.3, 0.4) is 0 Å². The van der Waals surface area contributed by atoms with Crippen LogP contribution in [0.15, 0.2) is 18.2 Å². The second kappa shape index (κ2) is 4.63. The molecule has 0 bridgehead atoms. The summed E-state index contributed by atoms with van der Waals surface area (Å²) in [5.41, 5.74) is 6.23. The van der Waals surface area contributed by atoms with Crippen molar-refractivity contribution < 1.29 is 13.2 Å². The average molecular weight is 304 g/mol. The number of nitrogens with two attached hydrogens (primary N) is 1. The summed E-state index contributed by atoms with van der Waals surface area (Å²) in [6.45, 7) is 0. The summed E-state index contributed by atoms with van der Waals surface area (Å²) in [5, 5.41) is 0.0546. The van der Waals surface area contributed by atoms with E-state index >= 15 is 0 Å². The van der Waals surface area contributed by atoms with Gasteiger partial charge in [0.15, 0.2) is 0 Å². The summed E-state index contributed by atoms with van der Waals surface area (Å²) in [6.07, 6.45) is 2.50. The normalized spacial score (nSPS) is 33.1. The molecule has 5 heteroatoms. The highest BCUT2D eigenvalue weighted by Crippen LogP contribution is 2.68. The minimum absolute atomic E-state index is 0.0321. The van der Waals surface area contributed by atoms with Crippen molar-refractivity contribution in [3.8, 4) is 0 Å². The number of hydrogen-bond donors (Lipinski definition) is 1. The van der Waals surface area contributed by atoms with Gasteiger partial charge in [0.25, 0.3) is 5.92 Å². The zero-order chi connectivity index (χ0) is 14.5. The molecule has 0 radical (unpaired) electrons. The summed E-state index contributed by atoms with van der Waals surface area (Å²) in [7, 11) is 0. The molecule has 3 rings (SSSR count). The van der Waals surface area contributed by atoms with E-state index in [1.54, 1.807) is 6.07 Å². The monoisotopic (exact) mass is 303 g/mol. The van der Waals surface area contributed by atoms with Gasteiger partial charge in [-0.25, -0.2) is 13.2 Å². The molecule has 2 saturated carbocycles. The molecule has 2 N–H and O–H groups in total. The van der Waals surface area contributed by atoms with Gasteiger partial charge >= 0.3 is 0 Å². The summed E-state index contributed by atoms with van der Waals surface area (Å²) >= 11 is 5.76. The van der Waals surface area contributed by atoms with Gasteiger partial charge in [0, 0.05) is 17.9 Å². The van der Waals surface area contributed by atoms with Crippen LogP contribution in [-0.4, -0.2) is 5.92 Å². The maximum atomic E-state index is 13.3. The molecule has 20 heavy (non-hydrogen) atoms. The van der Waals surface area contributed by atoms with Gasteiger partial charge in [-0.2, -0.15) is 0 Å². The highest BCUT2D eigenvalue weighted by Gasteiger charge is 2.70. The minimum Gasteiger partial charge on any atom is -0.324 e. The van der Waals surface area contributed by atoms with Crippen LogP contribution in [0.4, 0.5) is 13.2 Å². The lowest BCUT2D eigenvalue weighted by molar-refractivity contribution is 0.0383. The number of hydrogen-bond acceptors (Lipinski definition) is 1. The molecule has 0 heterocycles. The number of benzene rings is 1. The van der Waals surface area contributed by atoms with Gasteiger partial charge in [-0.15, -0.1) is 0 Å². The second-order valence-corrected chi connectivity index (χ2v) is 6.61. The third-order valence-corrected chi connectivity index (χ3v) is 5.32. The third-order valence-electron chi connectivity index (χ3n) is 5.04. The van der Waals surface area contributed by atoms with E-state index in [-0.39, 0.29) is 23.4 Å². The fraction of sp³-hybridized carbons (Fsp3) is 0.600. The molecule has 0 aliphatic heterocycles. The van der Waals surface area contributed by atoms with E-state index in [2.05, 4.69) is 0 Å². The Bertz CT molecular complexity index is 524. The Morgan fingerprint density at radius 3 is 2.35 bits per heavy atom. The first-order valence-electron chi connectivity index (χ1n) is 6.93. The summed E-state index contributed by atoms with van der Waals surface area (Å²) in [4.78, 5) is 0. The van der Waals surface area contributed by atoms with E-state index in [1.165, 1.54) is 12.1 Å². The van der Waals surface area contributed by atoms with Crippen LogP contribution >= 0.6 is 11.6 Å². The summed E-state index contributed by atoms with van der Waals surface area (Å²) < 4.78 is 39.8. The Kier molecular flexibility index (Phi) is 3.29. The molecule has 0 aromatic heterocycles. The average Bonchev–Trinajstić information content (AvgIpc) is 2.93. The van der Waals surface area contributed by atoms with Crippen molar-refractivity contribution in [1.82, 2.24) is 0 Å². The zero-order valence-electron chi connectivity index (χ0n) is 11.0. The van der Waals surface area contributed by atoms with Crippen LogP contribution in [0.5, 0.6) is 0 Å². The van der Waals surface area contributed by atoms with Crippen LogP contribution in [-0.2, 0) is 0 Å². The lowest BCUT2D eigenvalue weighted by Gasteiger charge is -2.32. The quantitative estimate of drug-likeness (QED) is 0.842. The Hall–Kier alpha value is -0.740. The Morgan fingerprint density at radius 2 is 1.85 bits per heavy atom. The van der Waals surface area contributed by atoms with Crippen LogP contribution in [0.25, 0.3) is 0 Å². The molecule has 1 unspecified atom stereocenters. The van der Waals surface area contributed by atoms with Gasteiger partial charge in [-0.1, -0.05) is 17.7 Å². The van der Waals surface area contributed by atoms with E-state index in [1.807, 2.05) is 0 Å². The van der Waals surface area contributed by atoms with E-state index in [4.69, 9.17) is 17.3 Å². The van der Waals surface area contributed by atoms with Crippen molar-refractivity contribution in [2.75, 3.05) is 0 Å². The first-order chi connectivity index (χ1) is 9.35. The van der Waals surface area contributed by atoms with Gasteiger partial charge in [0.2, 0.25) is 0 Å². The van der Waals surface area contributed by atoms with Crippen LogP contribution in [0, 0.1) is 17.2 Å². The molecule has 110 valence electrons. The molecule has 0 amide bonds. The standard InChI is InChI=1S/C15H17ClF3N/c16-11-7-10(1-2-12(11)17)13(20)9-3-5-14(6-4-9)8-15(14,18)19/h1-2,7,9,13H,3-6,8,20H2. The van der Waals surface area contributed by atoms with Gasteiger partial charge in [-0.3, -0.25) is 0 Å². The van der Waals surface area contributed by atoms with Crippen LogP contribution < -0.4 is 5.73 Å². The van der Waals surface area contributed by atoms with Gasteiger partial charge < -0.3 is 5.73 Å². The Balaban J connectivity index is 1.67. The molecular weight excluding hydrogens is 287 g/mol. The van der Waals surface area contributed by atoms with Crippen molar-refractivity contribution in [2.45, 2.75) is 44.1 Å². The van der Waals surface area contributed by atoms with E-state index in [9.17, 15) is 13.2 Å². The van der Waals surface area contributed by atoms with Crippen molar-refractivity contribution in [3.05, 3.63) is 34.6 Å². The maximum Gasteiger partial charge on any atom is 0.254 e. The van der Waals surface area contributed by atoms with Crippen LogP contribution in [0.1, 0.15) is 43.7 Å². The first-order valence-corrected chi connectivity index (χ1v) is 7.31. The fourth-order valence-electron chi connectivity index (χ4n) is 3.47. The smallest absolute Gasteiger partial charge is 0.254 e. The number of rotatable bonds is 2. The van der Waals surface area contributed by atoms with Crippen molar-refractivity contribution in [2.24, 2.45) is 17.1 Å². The molecule has 1 spiro atoms. The van der Waals surface area contributed by atoms with Crippen molar-refractivity contribution in [1.29, 1.82) is 0 Å². The van der Waals surface area contributed by atoms with Crippen LogP contribution in [0.2, 0.25) is 5.02 Å². The molecule has 1 aromatic carbocycles. The summed E-state index contributed by atoms with van der Waals surface area (Å²) in [6, 6.07) is 4.20. The SMILES string of the molecule is NC(c1ccc(F)c(Cl)c1)C1CCC2(CC1)CC2(F)F. The minimum atomic E-state index is -2.47. The summed E-state index contributed by atoms with van der Waals surface area (Å²) in [5.74, 6) is -2.78. The first kappa shape index (κ1) is 14.2.